The molecule has 7 nitrogen and oxygen atoms in total. The van der Waals surface area contributed by atoms with Crippen molar-refractivity contribution in [1.29, 1.82) is 0 Å². The first kappa shape index (κ1) is 18.6. The van der Waals surface area contributed by atoms with Crippen LogP contribution in [0.5, 0.6) is 5.75 Å². The molecule has 0 bridgehead atoms. The molecule has 0 atom stereocenters. The van der Waals surface area contributed by atoms with E-state index in [4.69, 9.17) is 4.74 Å². The number of rotatable bonds is 4. The van der Waals surface area contributed by atoms with E-state index in [2.05, 4.69) is 36.5 Å². The van der Waals surface area contributed by atoms with Crippen LogP contribution >= 0.6 is 27.3 Å². The number of hydrogen-bond donors (Lipinski definition) is 1. The monoisotopic (exact) mass is 457 g/mol. The summed E-state index contributed by atoms with van der Waals surface area (Å²) in [6.45, 7) is 3.80. The molecule has 4 rings (SSSR count). The van der Waals surface area contributed by atoms with Crippen LogP contribution in [0.25, 0.3) is 15.5 Å². The van der Waals surface area contributed by atoms with Crippen molar-refractivity contribution in [3.63, 3.8) is 0 Å². The number of carbonyl (C=O) groups is 1. The van der Waals surface area contributed by atoms with E-state index in [1.165, 1.54) is 11.3 Å². The summed E-state index contributed by atoms with van der Waals surface area (Å²) in [5.74, 6) is 1.01. The largest absolute Gasteiger partial charge is 0.496 e. The minimum Gasteiger partial charge on any atom is -0.496 e. The highest BCUT2D eigenvalue weighted by atomic mass is 79.9. The molecule has 2 aromatic carbocycles. The number of fused-ring (bicyclic) bond motifs is 1. The first-order valence-corrected chi connectivity index (χ1v) is 10.0. The van der Waals surface area contributed by atoms with Gasteiger partial charge in [-0.25, -0.2) is 0 Å². The number of aryl methyl sites for hydroxylation is 2. The van der Waals surface area contributed by atoms with Crippen LogP contribution in [0.1, 0.15) is 21.7 Å². The number of aromatic nitrogens is 4. The fourth-order valence-electron chi connectivity index (χ4n) is 2.77. The van der Waals surface area contributed by atoms with Gasteiger partial charge < -0.3 is 10.1 Å². The van der Waals surface area contributed by atoms with Gasteiger partial charge in [-0.15, -0.1) is 10.2 Å². The summed E-state index contributed by atoms with van der Waals surface area (Å²) >= 11 is 4.85. The molecule has 9 heteroatoms. The van der Waals surface area contributed by atoms with Gasteiger partial charge in [0.1, 0.15) is 10.8 Å². The van der Waals surface area contributed by atoms with Crippen LogP contribution in [-0.4, -0.2) is 32.8 Å². The third-order valence-electron chi connectivity index (χ3n) is 4.29. The fourth-order valence-corrected chi connectivity index (χ4v) is 4.01. The lowest BCUT2D eigenvalue weighted by atomic mass is 10.1. The number of benzene rings is 2. The van der Waals surface area contributed by atoms with Crippen molar-refractivity contribution >= 4 is 43.8 Å². The summed E-state index contributed by atoms with van der Waals surface area (Å²) in [6, 6.07) is 11.2. The third-order valence-corrected chi connectivity index (χ3v) is 5.73. The first-order valence-electron chi connectivity index (χ1n) is 8.41. The standard InChI is InChI=1S/C19H16BrN5O2S/c1-10-4-5-12(18-24-25-11(2)22-23-19(25)28-18)8-15(10)21-17(26)14-9-13(20)6-7-16(14)27-3/h4-9H,1-3H3,(H,21,26). The Labute approximate surface area is 173 Å². The molecule has 142 valence electrons. The SMILES string of the molecule is COc1ccc(Br)cc1C(=O)Nc1cc(-c2nn3c(C)nnc3s2)ccc1C. The Morgan fingerprint density at radius 2 is 2.00 bits per heavy atom. The smallest absolute Gasteiger partial charge is 0.259 e. The fraction of sp³-hybridized carbons (Fsp3) is 0.158. The van der Waals surface area contributed by atoms with E-state index >= 15 is 0 Å². The van der Waals surface area contributed by atoms with Crippen molar-refractivity contribution in [1.82, 2.24) is 19.8 Å². The van der Waals surface area contributed by atoms with Gasteiger partial charge in [-0.2, -0.15) is 9.61 Å². The minimum absolute atomic E-state index is 0.243. The van der Waals surface area contributed by atoms with Crippen molar-refractivity contribution in [2.24, 2.45) is 0 Å². The number of amides is 1. The van der Waals surface area contributed by atoms with Gasteiger partial charge in [-0.1, -0.05) is 39.4 Å². The normalized spacial score (nSPS) is 11.0. The molecule has 0 aliphatic rings. The summed E-state index contributed by atoms with van der Waals surface area (Å²) in [5.41, 5.74) is 3.02. The number of nitrogens with one attached hydrogen (secondary N) is 1. The minimum atomic E-state index is -0.243. The van der Waals surface area contributed by atoms with Crippen LogP contribution in [0, 0.1) is 13.8 Å². The summed E-state index contributed by atoms with van der Waals surface area (Å²) in [4.78, 5) is 13.6. The molecule has 0 aliphatic heterocycles. The summed E-state index contributed by atoms with van der Waals surface area (Å²) in [5, 5.41) is 16.5. The van der Waals surface area contributed by atoms with E-state index in [9.17, 15) is 4.79 Å². The van der Waals surface area contributed by atoms with Crippen LogP contribution in [0.3, 0.4) is 0 Å². The van der Waals surface area contributed by atoms with E-state index in [-0.39, 0.29) is 5.91 Å². The van der Waals surface area contributed by atoms with Gasteiger partial charge >= 0.3 is 0 Å². The molecule has 0 fully saturated rings. The molecule has 28 heavy (non-hydrogen) atoms. The van der Waals surface area contributed by atoms with Gasteiger partial charge in [-0.3, -0.25) is 4.79 Å². The van der Waals surface area contributed by atoms with Crippen LogP contribution in [0.15, 0.2) is 40.9 Å². The number of hydrogen-bond acceptors (Lipinski definition) is 6. The Morgan fingerprint density at radius 1 is 1.18 bits per heavy atom. The van der Waals surface area contributed by atoms with E-state index in [1.807, 2.05) is 38.1 Å². The number of anilines is 1. The van der Waals surface area contributed by atoms with Crippen LogP contribution < -0.4 is 10.1 Å². The molecule has 1 N–H and O–H groups in total. The third kappa shape index (κ3) is 3.38. The summed E-state index contributed by atoms with van der Waals surface area (Å²) in [7, 11) is 1.54. The average molecular weight is 458 g/mol. The Bertz CT molecular complexity index is 1200. The van der Waals surface area contributed by atoms with E-state index < -0.39 is 0 Å². The Kier molecular flexibility index (Phi) is 4.86. The highest BCUT2D eigenvalue weighted by Crippen LogP contribution is 2.30. The maximum atomic E-state index is 12.8. The molecule has 2 heterocycles. The van der Waals surface area contributed by atoms with Gasteiger partial charge in [0.05, 0.1) is 12.7 Å². The molecule has 0 radical (unpaired) electrons. The topological polar surface area (TPSA) is 81.4 Å². The molecule has 0 saturated carbocycles. The van der Waals surface area contributed by atoms with Crippen molar-refractivity contribution in [3.05, 3.63) is 57.8 Å². The van der Waals surface area contributed by atoms with Crippen LogP contribution in [0.2, 0.25) is 0 Å². The molecule has 0 aliphatic carbocycles. The maximum absolute atomic E-state index is 12.8. The van der Waals surface area contributed by atoms with Gasteiger partial charge in [0.25, 0.3) is 5.91 Å². The second-order valence-corrected chi connectivity index (χ2v) is 8.05. The highest BCUT2D eigenvalue weighted by Gasteiger charge is 2.16. The Hall–Kier alpha value is -2.78. The van der Waals surface area contributed by atoms with E-state index in [0.29, 0.717) is 17.0 Å². The molecule has 0 spiro atoms. The molecule has 1 amide bonds. The van der Waals surface area contributed by atoms with Crippen molar-refractivity contribution < 1.29 is 9.53 Å². The van der Waals surface area contributed by atoms with E-state index in [1.54, 1.807) is 23.8 Å². The summed E-state index contributed by atoms with van der Waals surface area (Å²) < 4.78 is 7.83. The average Bonchev–Trinajstić information content (AvgIpc) is 3.25. The van der Waals surface area contributed by atoms with Gasteiger partial charge in [0.2, 0.25) is 4.96 Å². The molecular formula is C19H16BrN5O2S. The highest BCUT2D eigenvalue weighted by molar-refractivity contribution is 9.10. The van der Waals surface area contributed by atoms with Crippen molar-refractivity contribution in [2.75, 3.05) is 12.4 Å². The van der Waals surface area contributed by atoms with Crippen molar-refractivity contribution in [3.8, 4) is 16.3 Å². The second kappa shape index (κ2) is 7.33. The van der Waals surface area contributed by atoms with Gasteiger partial charge in [-0.05, 0) is 43.7 Å². The lowest BCUT2D eigenvalue weighted by Crippen LogP contribution is -2.14. The molecular weight excluding hydrogens is 442 g/mol. The molecule has 4 aromatic rings. The maximum Gasteiger partial charge on any atom is 0.259 e. The van der Waals surface area contributed by atoms with Gasteiger partial charge in [0, 0.05) is 15.7 Å². The molecule has 0 saturated heterocycles. The summed E-state index contributed by atoms with van der Waals surface area (Å²) in [6.07, 6.45) is 0. The Balaban J connectivity index is 1.68. The van der Waals surface area contributed by atoms with E-state index in [0.717, 1.165) is 31.4 Å². The lowest BCUT2D eigenvalue weighted by Gasteiger charge is -2.12. The Morgan fingerprint density at radius 3 is 2.75 bits per heavy atom. The predicted octanol–water partition coefficient (Wildman–Crippen LogP) is 4.49. The predicted molar refractivity (Wildman–Crippen MR) is 112 cm³/mol. The number of methoxy groups -OCH3 is 1. The van der Waals surface area contributed by atoms with Gasteiger partial charge in [0.15, 0.2) is 5.82 Å². The van der Waals surface area contributed by atoms with Crippen LogP contribution in [0.4, 0.5) is 5.69 Å². The second-order valence-electron chi connectivity index (χ2n) is 6.18. The number of carbonyl (C=O) groups excluding carboxylic acids is 1. The zero-order valence-corrected chi connectivity index (χ0v) is 17.8. The number of halogens is 1. The lowest BCUT2D eigenvalue weighted by molar-refractivity contribution is 0.102. The zero-order chi connectivity index (χ0) is 19.8. The zero-order valence-electron chi connectivity index (χ0n) is 15.4. The quantitative estimate of drug-likeness (QED) is 0.487. The van der Waals surface area contributed by atoms with Crippen molar-refractivity contribution in [2.45, 2.75) is 13.8 Å². The first-order chi connectivity index (χ1) is 13.5. The number of ether oxygens (including phenoxy) is 1. The molecule has 0 unspecified atom stereocenters. The van der Waals surface area contributed by atoms with Crippen LogP contribution in [-0.2, 0) is 0 Å². The molecule has 2 aromatic heterocycles. The number of nitrogens with zero attached hydrogens (tertiary/aromatic N) is 4.